The highest BCUT2D eigenvalue weighted by atomic mass is 79.9. The molecule has 0 radical (unpaired) electrons. The lowest BCUT2D eigenvalue weighted by molar-refractivity contribution is 0.207. The van der Waals surface area contributed by atoms with Crippen LogP contribution in [0.4, 0.5) is 4.39 Å². The van der Waals surface area contributed by atoms with Gasteiger partial charge in [-0.05, 0) is 46.1 Å². The van der Waals surface area contributed by atoms with Crippen molar-refractivity contribution in [3.05, 3.63) is 45.4 Å². The van der Waals surface area contributed by atoms with Crippen molar-refractivity contribution >= 4 is 15.9 Å². The first-order valence-corrected chi connectivity index (χ1v) is 5.79. The third-order valence-electron chi connectivity index (χ3n) is 2.62. The lowest BCUT2D eigenvalue weighted by Crippen LogP contribution is -2.09. The molecular weight excluding hydrogens is 289 g/mol. The van der Waals surface area contributed by atoms with Gasteiger partial charge in [-0.1, -0.05) is 11.3 Å². The van der Waals surface area contributed by atoms with Crippen molar-refractivity contribution in [1.29, 1.82) is 0 Å². The Hall–Kier alpha value is -1.27. The number of hydrogen-bond donors (Lipinski definition) is 1. The first kappa shape index (κ1) is 12.2. The number of hydrogen-bond acceptors (Lipinski definition) is 3. The van der Waals surface area contributed by atoms with Gasteiger partial charge in [0.25, 0.3) is 0 Å². The molecule has 0 spiro atoms. The molecule has 2 aromatic rings. The standard InChI is InChI=1S/C11H11BrFN3O/c1-6-3-4-7(13)5-8(6)10(17)9-11(12)14-15-16(9)2/h3-5,10,17H,1-2H3. The van der Waals surface area contributed by atoms with E-state index in [4.69, 9.17) is 0 Å². The maximum Gasteiger partial charge on any atom is 0.154 e. The van der Waals surface area contributed by atoms with E-state index in [2.05, 4.69) is 26.2 Å². The first-order chi connectivity index (χ1) is 8.00. The van der Waals surface area contributed by atoms with Gasteiger partial charge in [-0.15, -0.1) is 5.10 Å². The second-order valence-electron chi connectivity index (χ2n) is 3.79. The molecule has 6 heteroatoms. The van der Waals surface area contributed by atoms with Crippen LogP contribution in [0, 0.1) is 12.7 Å². The van der Waals surface area contributed by atoms with Crippen molar-refractivity contribution < 1.29 is 9.50 Å². The normalized spacial score (nSPS) is 12.8. The molecule has 0 saturated heterocycles. The number of aliphatic hydroxyl groups excluding tert-OH is 1. The number of nitrogens with zero attached hydrogens (tertiary/aromatic N) is 3. The number of rotatable bonds is 2. The van der Waals surface area contributed by atoms with Gasteiger partial charge in [-0.3, -0.25) is 0 Å². The number of aryl methyl sites for hydroxylation is 2. The summed E-state index contributed by atoms with van der Waals surface area (Å²) in [5.41, 5.74) is 1.82. The summed E-state index contributed by atoms with van der Waals surface area (Å²) in [6.07, 6.45) is -0.958. The van der Waals surface area contributed by atoms with Crippen molar-refractivity contribution in [2.24, 2.45) is 7.05 Å². The molecule has 0 aliphatic carbocycles. The van der Waals surface area contributed by atoms with Gasteiger partial charge in [-0.2, -0.15) is 0 Å². The SMILES string of the molecule is Cc1ccc(F)cc1C(O)c1c(Br)nnn1C. The minimum atomic E-state index is -0.958. The van der Waals surface area contributed by atoms with Gasteiger partial charge in [0.05, 0.1) is 0 Å². The molecule has 1 N–H and O–H groups in total. The average molecular weight is 300 g/mol. The topological polar surface area (TPSA) is 50.9 Å². The van der Waals surface area contributed by atoms with E-state index in [1.54, 1.807) is 13.1 Å². The zero-order chi connectivity index (χ0) is 12.6. The first-order valence-electron chi connectivity index (χ1n) is 5.00. The summed E-state index contributed by atoms with van der Waals surface area (Å²) in [6, 6.07) is 4.31. The molecule has 1 aromatic carbocycles. The molecule has 1 aromatic heterocycles. The van der Waals surface area contributed by atoms with Crippen LogP contribution in [0.3, 0.4) is 0 Å². The van der Waals surface area contributed by atoms with Crippen LogP contribution in [-0.2, 0) is 7.05 Å². The smallest absolute Gasteiger partial charge is 0.154 e. The van der Waals surface area contributed by atoms with E-state index in [-0.39, 0.29) is 5.82 Å². The fourth-order valence-electron chi connectivity index (χ4n) is 1.68. The van der Waals surface area contributed by atoms with Crippen molar-refractivity contribution in [3.63, 3.8) is 0 Å². The summed E-state index contributed by atoms with van der Waals surface area (Å²) in [5, 5.41) is 17.8. The van der Waals surface area contributed by atoms with Crippen LogP contribution in [0.2, 0.25) is 0 Å². The highest BCUT2D eigenvalue weighted by molar-refractivity contribution is 9.10. The molecular formula is C11H11BrFN3O. The molecule has 17 heavy (non-hydrogen) atoms. The van der Waals surface area contributed by atoms with Crippen LogP contribution in [-0.4, -0.2) is 20.1 Å². The van der Waals surface area contributed by atoms with Gasteiger partial charge in [0.2, 0.25) is 0 Å². The summed E-state index contributed by atoms with van der Waals surface area (Å²) in [6.45, 7) is 1.82. The lowest BCUT2D eigenvalue weighted by atomic mass is 10.0. The predicted molar refractivity (Wildman–Crippen MR) is 63.9 cm³/mol. The molecule has 0 aliphatic rings. The third kappa shape index (κ3) is 2.23. The fourth-order valence-corrected chi connectivity index (χ4v) is 2.23. The Morgan fingerprint density at radius 1 is 1.47 bits per heavy atom. The number of benzene rings is 1. The monoisotopic (exact) mass is 299 g/mol. The molecule has 90 valence electrons. The van der Waals surface area contributed by atoms with Gasteiger partial charge >= 0.3 is 0 Å². The largest absolute Gasteiger partial charge is 0.382 e. The molecule has 1 unspecified atom stereocenters. The maximum atomic E-state index is 13.2. The van der Waals surface area contributed by atoms with Crippen molar-refractivity contribution in [3.8, 4) is 0 Å². The Balaban J connectivity index is 2.50. The summed E-state index contributed by atoms with van der Waals surface area (Å²) in [4.78, 5) is 0. The highest BCUT2D eigenvalue weighted by Crippen LogP contribution is 2.28. The van der Waals surface area contributed by atoms with Crippen molar-refractivity contribution in [1.82, 2.24) is 15.0 Å². The summed E-state index contributed by atoms with van der Waals surface area (Å²) in [5.74, 6) is -0.379. The van der Waals surface area contributed by atoms with Gasteiger partial charge in [0.1, 0.15) is 17.6 Å². The molecule has 1 atom stereocenters. The quantitative estimate of drug-likeness (QED) is 0.924. The van der Waals surface area contributed by atoms with E-state index < -0.39 is 6.10 Å². The Bertz CT molecular complexity index is 536. The van der Waals surface area contributed by atoms with Crippen molar-refractivity contribution in [2.75, 3.05) is 0 Å². The second kappa shape index (κ2) is 4.54. The van der Waals surface area contributed by atoms with Gasteiger partial charge in [0, 0.05) is 7.05 Å². The Morgan fingerprint density at radius 3 is 2.76 bits per heavy atom. The average Bonchev–Trinajstić information content (AvgIpc) is 2.61. The van der Waals surface area contributed by atoms with Crippen molar-refractivity contribution in [2.45, 2.75) is 13.0 Å². The molecule has 0 saturated carbocycles. The minimum absolute atomic E-state index is 0.379. The molecule has 0 amide bonds. The van der Waals surface area contributed by atoms with Crippen LogP contribution in [0.5, 0.6) is 0 Å². The molecule has 4 nitrogen and oxygen atoms in total. The number of aliphatic hydroxyl groups is 1. The molecule has 0 aliphatic heterocycles. The van der Waals surface area contributed by atoms with Crippen LogP contribution >= 0.6 is 15.9 Å². The van der Waals surface area contributed by atoms with Crippen LogP contribution in [0.1, 0.15) is 22.9 Å². The molecule has 2 rings (SSSR count). The van der Waals surface area contributed by atoms with E-state index in [9.17, 15) is 9.50 Å². The van der Waals surface area contributed by atoms with E-state index in [1.807, 2.05) is 6.92 Å². The van der Waals surface area contributed by atoms with Crippen LogP contribution in [0.15, 0.2) is 22.8 Å². The fraction of sp³-hybridized carbons (Fsp3) is 0.273. The summed E-state index contributed by atoms with van der Waals surface area (Å²) >= 11 is 3.21. The van der Waals surface area contributed by atoms with E-state index in [0.29, 0.717) is 15.9 Å². The lowest BCUT2D eigenvalue weighted by Gasteiger charge is -2.14. The zero-order valence-electron chi connectivity index (χ0n) is 9.35. The Morgan fingerprint density at radius 2 is 2.18 bits per heavy atom. The third-order valence-corrected chi connectivity index (χ3v) is 3.19. The number of halogens is 2. The van der Waals surface area contributed by atoms with Gasteiger partial charge in [0.15, 0.2) is 4.60 Å². The predicted octanol–water partition coefficient (Wildman–Crippen LogP) is 2.11. The number of aromatic nitrogens is 3. The highest BCUT2D eigenvalue weighted by Gasteiger charge is 2.21. The van der Waals surface area contributed by atoms with E-state index >= 15 is 0 Å². The molecule has 0 bridgehead atoms. The zero-order valence-corrected chi connectivity index (χ0v) is 10.9. The van der Waals surface area contributed by atoms with Crippen LogP contribution < -0.4 is 0 Å². The van der Waals surface area contributed by atoms with E-state index in [0.717, 1.165) is 5.56 Å². The minimum Gasteiger partial charge on any atom is -0.382 e. The van der Waals surface area contributed by atoms with Gasteiger partial charge in [-0.25, -0.2) is 9.07 Å². The maximum absolute atomic E-state index is 13.2. The van der Waals surface area contributed by atoms with Crippen LogP contribution in [0.25, 0.3) is 0 Å². The molecule has 1 heterocycles. The van der Waals surface area contributed by atoms with Gasteiger partial charge < -0.3 is 5.11 Å². The van der Waals surface area contributed by atoms with E-state index in [1.165, 1.54) is 16.8 Å². The molecule has 0 fully saturated rings. The summed E-state index contributed by atoms with van der Waals surface area (Å²) < 4.78 is 15.1. The second-order valence-corrected chi connectivity index (χ2v) is 4.54. The Kier molecular flexibility index (Phi) is 3.26. The summed E-state index contributed by atoms with van der Waals surface area (Å²) in [7, 11) is 1.67. The Labute approximate surface area is 106 Å².